The van der Waals surface area contributed by atoms with E-state index in [1.807, 2.05) is 72.8 Å². The number of aliphatic carboxylic acids is 2. The van der Waals surface area contributed by atoms with E-state index in [1.165, 1.54) is 0 Å². The second-order valence-electron chi connectivity index (χ2n) is 8.03. The van der Waals surface area contributed by atoms with Crippen LogP contribution in [0.15, 0.2) is 72.8 Å². The molecule has 0 spiro atoms. The van der Waals surface area contributed by atoms with Crippen LogP contribution in [0.25, 0.3) is 21.5 Å². The van der Waals surface area contributed by atoms with E-state index in [2.05, 4.69) is 0 Å². The summed E-state index contributed by atoms with van der Waals surface area (Å²) in [7, 11) is 3.24. The van der Waals surface area contributed by atoms with Crippen LogP contribution in [-0.2, 0) is 9.59 Å². The van der Waals surface area contributed by atoms with Gasteiger partial charge in [-0.1, -0.05) is 62.4 Å². The standard InChI is InChI=1S/2C14H14O3.2Na/c2*1-9(14(15)16)10-3-4-12-8-13(17-2)6-5-11(12)7-10;;/h2*3-9H,1-2H3,(H,15,16);;/q;;2*+1/p-2/t2*9-;;/m00../s1. The van der Waals surface area contributed by atoms with Crippen molar-refractivity contribution in [3.63, 3.8) is 0 Å². The molecule has 0 heterocycles. The summed E-state index contributed by atoms with van der Waals surface area (Å²) in [6.45, 7) is 3.25. The summed E-state index contributed by atoms with van der Waals surface area (Å²) in [5.74, 6) is -1.73. The molecule has 8 heteroatoms. The number of benzene rings is 4. The quantitative estimate of drug-likeness (QED) is 0.268. The molecule has 0 aliphatic heterocycles. The first-order valence-electron chi connectivity index (χ1n) is 10.8. The van der Waals surface area contributed by atoms with Crippen LogP contribution in [0.1, 0.15) is 36.8 Å². The molecule has 4 aromatic rings. The fourth-order valence-electron chi connectivity index (χ4n) is 3.55. The van der Waals surface area contributed by atoms with E-state index in [9.17, 15) is 19.8 Å². The number of ether oxygens (including phenoxy) is 2. The molecular weight excluding hydrogens is 478 g/mol. The van der Waals surface area contributed by atoms with Crippen LogP contribution < -0.4 is 78.8 Å². The van der Waals surface area contributed by atoms with Gasteiger partial charge in [-0.2, -0.15) is 0 Å². The largest absolute Gasteiger partial charge is 1.00 e. The Morgan fingerprint density at radius 1 is 0.583 bits per heavy atom. The molecule has 0 bridgehead atoms. The summed E-state index contributed by atoms with van der Waals surface area (Å²) < 4.78 is 10.3. The van der Waals surface area contributed by atoms with Gasteiger partial charge in [0.15, 0.2) is 0 Å². The number of rotatable bonds is 6. The number of carbonyl (C=O) groups excluding carboxylic acids is 2. The molecular formula is C28H26Na2O6. The molecule has 0 aliphatic rings. The van der Waals surface area contributed by atoms with Crippen LogP contribution in [-0.4, -0.2) is 26.2 Å². The Balaban J connectivity index is 0.000000341. The van der Waals surface area contributed by atoms with Crippen LogP contribution in [0.2, 0.25) is 0 Å². The number of carboxylic acids is 2. The van der Waals surface area contributed by atoms with Crippen molar-refractivity contribution >= 4 is 33.5 Å². The number of hydrogen-bond acceptors (Lipinski definition) is 6. The minimum Gasteiger partial charge on any atom is -0.550 e. The molecule has 0 aromatic heterocycles. The van der Waals surface area contributed by atoms with Crippen LogP contribution in [0.3, 0.4) is 0 Å². The smallest absolute Gasteiger partial charge is 0.550 e. The third kappa shape index (κ3) is 7.97. The fourth-order valence-corrected chi connectivity index (χ4v) is 3.55. The molecule has 0 unspecified atom stereocenters. The van der Waals surface area contributed by atoms with Crippen LogP contribution in [0.4, 0.5) is 0 Å². The number of methoxy groups -OCH3 is 2. The summed E-state index contributed by atoms with van der Waals surface area (Å²) >= 11 is 0. The average Bonchev–Trinajstić information content (AvgIpc) is 2.86. The maximum Gasteiger partial charge on any atom is 1.00 e. The third-order valence-electron chi connectivity index (χ3n) is 5.85. The van der Waals surface area contributed by atoms with E-state index in [-0.39, 0.29) is 59.1 Å². The van der Waals surface area contributed by atoms with Gasteiger partial charge < -0.3 is 29.3 Å². The minimum atomic E-state index is -1.06. The number of fused-ring (bicyclic) bond motifs is 2. The molecule has 0 N–H and O–H groups in total. The second kappa shape index (κ2) is 14.6. The molecule has 0 saturated heterocycles. The molecule has 2 atom stereocenters. The van der Waals surface area contributed by atoms with Gasteiger partial charge >= 0.3 is 59.1 Å². The van der Waals surface area contributed by atoms with Gasteiger partial charge in [-0.05, 0) is 56.9 Å². The average molecular weight is 504 g/mol. The zero-order chi connectivity index (χ0) is 24.8. The first-order chi connectivity index (χ1) is 16.2. The summed E-state index contributed by atoms with van der Waals surface area (Å²) in [6, 6.07) is 22.5. The summed E-state index contributed by atoms with van der Waals surface area (Å²) in [4.78, 5) is 21.6. The van der Waals surface area contributed by atoms with Crippen molar-refractivity contribution in [3.05, 3.63) is 83.9 Å². The first kappa shape index (κ1) is 32.0. The molecule has 4 rings (SSSR count). The van der Waals surface area contributed by atoms with Crippen LogP contribution in [0, 0.1) is 0 Å². The van der Waals surface area contributed by atoms with Crippen molar-refractivity contribution in [1.82, 2.24) is 0 Å². The predicted molar refractivity (Wildman–Crippen MR) is 128 cm³/mol. The maximum atomic E-state index is 10.8. The van der Waals surface area contributed by atoms with Gasteiger partial charge in [0.2, 0.25) is 0 Å². The second-order valence-corrected chi connectivity index (χ2v) is 8.03. The molecule has 0 saturated carbocycles. The van der Waals surface area contributed by atoms with Gasteiger partial charge in [0.1, 0.15) is 11.5 Å². The van der Waals surface area contributed by atoms with Crippen LogP contribution in [0.5, 0.6) is 11.5 Å². The molecule has 0 radical (unpaired) electrons. The first-order valence-corrected chi connectivity index (χ1v) is 10.8. The van der Waals surface area contributed by atoms with Crippen LogP contribution >= 0.6 is 0 Å². The molecule has 176 valence electrons. The van der Waals surface area contributed by atoms with Crippen molar-refractivity contribution in [2.45, 2.75) is 25.7 Å². The van der Waals surface area contributed by atoms with E-state index >= 15 is 0 Å². The molecule has 36 heavy (non-hydrogen) atoms. The maximum absolute atomic E-state index is 10.8. The van der Waals surface area contributed by atoms with Gasteiger partial charge in [-0.25, -0.2) is 0 Å². The summed E-state index contributed by atoms with van der Waals surface area (Å²) in [5, 5.41) is 25.7. The van der Waals surface area contributed by atoms with Crippen molar-refractivity contribution in [2.24, 2.45) is 0 Å². The van der Waals surface area contributed by atoms with Crippen molar-refractivity contribution in [3.8, 4) is 11.5 Å². The van der Waals surface area contributed by atoms with Crippen molar-refractivity contribution in [1.29, 1.82) is 0 Å². The van der Waals surface area contributed by atoms with Crippen molar-refractivity contribution in [2.75, 3.05) is 14.2 Å². The van der Waals surface area contributed by atoms with E-state index < -0.39 is 23.8 Å². The van der Waals surface area contributed by atoms with Crippen molar-refractivity contribution < 1.29 is 88.4 Å². The van der Waals surface area contributed by atoms with E-state index in [0.29, 0.717) is 0 Å². The molecule has 6 nitrogen and oxygen atoms in total. The Morgan fingerprint density at radius 2 is 0.889 bits per heavy atom. The van der Waals surface area contributed by atoms with E-state index in [4.69, 9.17) is 9.47 Å². The number of carbonyl (C=O) groups is 2. The Bertz CT molecular complexity index is 1240. The number of hydrogen-bond donors (Lipinski definition) is 0. The van der Waals surface area contributed by atoms with Gasteiger partial charge in [-0.3, -0.25) is 0 Å². The van der Waals surface area contributed by atoms with Gasteiger partial charge in [-0.15, -0.1) is 0 Å². The normalized spacial score (nSPS) is 11.7. The Morgan fingerprint density at radius 3 is 1.19 bits per heavy atom. The SMILES string of the molecule is COc1ccc2cc([C@H](C)C(=O)[O-])ccc2c1.COc1ccc2cc([C@H](C)C(=O)[O-])ccc2c1.[Na+].[Na+]. The fraction of sp³-hybridized carbons (Fsp3) is 0.214. The Hall–Kier alpha value is -2.06. The monoisotopic (exact) mass is 504 g/mol. The molecule has 0 fully saturated rings. The minimum absolute atomic E-state index is 0. The Kier molecular flexibility index (Phi) is 13.0. The topological polar surface area (TPSA) is 98.7 Å². The zero-order valence-corrected chi connectivity index (χ0v) is 25.5. The molecule has 0 amide bonds. The predicted octanol–water partition coefficient (Wildman–Crippen LogP) is -2.59. The third-order valence-corrected chi connectivity index (χ3v) is 5.85. The molecule has 0 aliphatic carbocycles. The van der Waals surface area contributed by atoms with Gasteiger partial charge in [0, 0.05) is 23.8 Å². The van der Waals surface area contributed by atoms with E-state index in [0.717, 1.165) is 44.2 Å². The van der Waals surface area contributed by atoms with Gasteiger partial charge in [0.25, 0.3) is 0 Å². The van der Waals surface area contributed by atoms with Gasteiger partial charge in [0.05, 0.1) is 14.2 Å². The molecule has 4 aromatic carbocycles. The van der Waals surface area contributed by atoms with E-state index in [1.54, 1.807) is 28.1 Å². The Labute approximate surface area is 255 Å². The summed E-state index contributed by atoms with van der Waals surface area (Å²) in [5.41, 5.74) is 1.50. The summed E-state index contributed by atoms with van der Waals surface area (Å²) in [6.07, 6.45) is 0. The number of carboxylic acid groups (broad SMARTS) is 2. The zero-order valence-electron chi connectivity index (χ0n) is 21.5.